The molecule has 0 aliphatic carbocycles. The summed E-state index contributed by atoms with van der Waals surface area (Å²) in [4.78, 5) is 12.6. The summed E-state index contributed by atoms with van der Waals surface area (Å²) in [6.45, 7) is 1.73. The Hall–Kier alpha value is -1.55. The number of piperidine rings is 1. The third-order valence-corrected chi connectivity index (χ3v) is 3.34. The van der Waals surface area contributed by atoms with Crippen LogP contribution in [0.25, 0.3) is 0 Å². The van der Waals surface area contributed by atoms with Crippen LogP contribution in [0.3, 0.4) is 0 Å². The van der Waals surface area contributed by atoms with E-state index in [4.69, 9.17) is 9.47 Å². The molecule has 4 nitrogen and oxygen atoms in total. The van der Waals surface area contributed by atoms with Gasteiger partial charge in [0.1, 0.15) is 17.1 Å². The first-order valence-electron chi connectivity index (χ1n) is 6.24. The van der Waals surface area contributed by atoms with Gasteiger partial charge in [-0.1, -0.05) is 6.07 Å². The molecule has 1 heterocycles. The minimum atomic E-state index is 0.0175. The molecule has 1 fully saturated rings. The molecule has 2 rings (SSSR count). The quantitative estimate of drug-likeness (QED) is 0.828. The van der Waals surface area contributed by atoms with Crippen LogP contribution in [-0.4, -0.2) is 33.1 Å². The number of nitrogens with one attached hydrogen (secondary N) is 1. The highest BCUT2D eigenvalue weighted by molar-refractivity contribution is 6.03. The molecular formula is C14H19NO3. The molecular weight excluding hydrogens is 230 g/mol. The van der Waals surface area contributed by atoms with E-state index in [0.717, 1.165) is 25.9 Å². The number of benzene rings is 1. The van der Waals surface area contributed by atoms with E-state index in [2.05, 4.69) is 5.32 Å². The van der Waals surface area contributed by atoms with E-state index < -0.39 is 0 Å². The van der Waals surface area contributed by atoms with Crippen molar-refractivity contribution in [3.05, 3.63) is 23.8 Å². The van der Waals surface area contributed by atoms with Crippen LogP contribution >= 0.6 is 0 Å². The highest BCUT2D eigenvalue weighted by atomic mass is 16.5. The molecule has 0 bridgehead atoms. The molecule has 0 saturated carbocycles. The normalized spacial score (nSPS) is 19.3. The second kappa shape index (κ2) is 5.87. The van der Waals surface area contributed by atoms with Crippen molar-refractivity contribution in [1.29, 1.82) is 0 Å². The Morgan fingerprint density at radius 2 is 1.94 bits per heavy atom. The molecule has 98 valence electrons. The van der Waals surface area contributed by atoms with Gasteiger partial charge in [0.05, 0.1) is 14.2 Å². The lowest BCUT2D eigenvalue weighted by Gasteiger charge is -2.23. The van der Waals surface area contributed by atoms with Crippen molar-refractivity contribution >= 4 is 5.78 Å². The Morgan fingerprint density at radius 3 is 2.44 bits per heavy atom. The molecule has 0 aromatic heterocycles. The van der Waals surface area contributed by atoms with Crippen LogP contribution < -0.4 is 14.8 Å². The van der Waals surface area contributed by atoms with Gasteiger partial charge in [-0.05, 0) is 31.5 Å². The molecule has 4 heteroatoms. The lowest BCUT2D eigenvalue weighted by Crippen LogP contribution is -2.34. The number of ketones is 1. The van der Waals surface area contributed by atoms with Crippen LogP contribution in [0.15, 0.2) is 18.2 Å². The standard InChI is InChI=1S/C14H19NO3/c1-17-11-6-3-7-12(18-2)13(11)14(16)10-5-4-8-15-9-10/h3,6-7,10,15H,4-5,8-9H2,1-2H3. The van der Waals surface area contributed by atoms with Gasteiger partial charge in [-0.15, -0.1) is 0 Å². The molecule has 1 atom stereocenters. The Labute approximate surface area is 107 Å². The molecule has 1 unspecified atom stereocenters. The van der Waals surface area contributed by atoms with Gasteiger partial charge in [0.2, 0.25) is 0 Å². The summed E-state index contributed by atoms with van der Waals surface area (Å²) in [6.07, 6.45) is 1.96. The molecule has 1 aromatic rings. The van der Waals surface area contributed by atoms with Gasteiger partial charge in [0, 0.05) is 12.5 Å². The van der Waals surface area contributed by atoms with Gasteiger partial charge < -0.3 is 14.8 Å². The van der Waals surface area contributed by atoms with E-state index in [9.17, 15) is 4.79 Å². The second-order valence-corrected chi connectivity index (χ2v) is 4.45. The first-order chi connectivity index (χ1) is 8.77. The van der Waals surface area contributed by atoms with E-state index in [0.29, 0.717) is 17.1 Å². The minimum absolute atomic E-state index is 0.0175. The molecule has 1 aromatic carbocycles. The zero-order valence-electron chi connectivity index (χ0n) is 10.9. The topological polar surface area (TPSA) is 47.6 Å². The van der Waals surface area contributed by atoms with Crippen molar-refractivity contribution in [1.82, 2.24) is 5.32 Å². The Balaban J connectivity index is 2.32. The number of carbonyl (C=O) groups excluding carboxylic acids is 1. The van der Waals surface area contributed by atoms with Crippen molar-refractivity contribution in [3.8, 4) is 11.5 Å². The third kappa shape index (κ3) is 2.48. The van der Waals surface area contributed by atoms with Crippen molar-refractivity contribution < 1.29 is 14.3 Å². The van der Waals surface area contributed by atoms with Crippen LogP contribution in [0, 0.1) is 5.92 Å². The van der Waals surface area contributed by atoms with Crippen molar-refractivity contribution in [2.45, 2.75) is 12.8 Å². The summed E-state index contributed by atoms with van der Waals surface area (Å²) >= 11 is 0. The number of carbonyl (C=O) groups is 1. The second-order valence-electron chi connectivity index (χ2n) is 4.45. The fourth-order valence-electron chi connectivity index (χ4n) is 2.37. The molecule has 18 heavy (non-hydrogen) atoms. The molecule has 0 amide bonds. The van der Waals surface area contributed by atoms with Gasteiger partial charge in [0.15, 0.2) is 5.78 Å². The number of hydrogen-bond donors (Lipinski definition) is 1. The zero-order chi connectivity index (χ0) is 13.0. The number of ether oxygens (including phenoxy) is 2. The van der Waals surface area contributed by atoms with E-state index in [1.165, 1.54) is 0 Å². The van der Waals surface area contributed by atoms with Gasteiger partial charge >= 0.3 is 0 Å². The van der Waals surface area contributed by atoms with E-state index in [-0.39, 0.29) is 11.7 Å². The smallest absolute Gasteiger partial charge is 0.174 e. The summed E-state index contributed by atoms with van der Waals surface area (Å²) in [6, 6.07) is 5.42. The third-order valence-electron chi connectivity index (χ3n) is 3.34. The van der Waals surface area contributed by atoms with Crippen molar-refractivity contribution in [2.24, 2.45) is 5.92 Å². The Morgan fingerprint density at radius 1 is 1.28 bits per heavy atom. The average molecular weight is 249 g/mol. The van der Waals surface area contributed by atoms with Gasteiger partial charge in [-0.2, -0.15) is 0 Å². The predicted molar refractivity (Wildman–Crippen MR) is 69.5 cm³/mol. The van der Waals surface area contributed by atoms with Crippen LogP contribution in [-0.2, 0) is 0 Å². The number of methoxy groups -OCH3 is 2. The zero-order valence-corrected chi connectivity index (χ0v) is 10.9. The number of hydrogen-bond acceptors (Lipinski definition) is 4. The van der Waals surface area contributed by atoms with Gasteiger partial charge in [-0.25, -0.2) is 0 Å². The fourth-order valence-corrected chi connectivity index (χ4v) is 2.37. The highest BCUT2D eigenvalue weighted by Gasteiger charge is 2.27. The first kappa shape index (κ1) is 12.9. The molecule has 1 saturated heterocycles. The Bertz CT molecular complexity index is 403. The van der Waals surface area contributed by atoms with E-state index in [1.54, 1.807) is 26.4 Å². The molecule has 1 aliphatic heterocycles. The monoisotopic (exact) mass is 249 g/mol. The molecule has 1 aliphatic rings. The Kier molecular flexibility index (Phi) is 4.20. The summed E-state index contributed by atoms with van der Waals surface area (Å²) in [5.74, 6) is 1.30. The molecule has 1 N–H and O–H groups in total. The van der Waals surface area contributed by atoms with Crippen molar-refractivity contribution in [3.63, 3.8) is 0 Å². The SMILES string of the molecule is COc1cccc(OC)c1C(=O)C1CCCNC1. The maximum atomic E-state index is 12.6. The minimum Gasteiger partial charge on any atom is -0.496 e. The van der Waals surface area contributed by atoms with Crippen LogP contribution in [0.4, 0.5) is 0 Å². The van der Waals surface area contributed by atoms with Crippen LogP contribution in [0.1, 0.15) is 23.2 Å². The predicted octanol–water partition coefficient (Wildman–Crippen LogP) is 1.89. The molecule has 0 spiro atoms. The van der Waals surface area contributed by atoms with Gasteiger partial charge in [0.25, 0.3) is 0 Å². The summed E-state index contributed by atoms with van der Waals surface area (Å²) < 4.78 is 10.6. The lowest BCUT2D eigenvalue weighted by molar-refractivity contribution is 0.0893. The molecule has 0 radical (unpaired) electrons. The summed E-state index contributed by atoms with van der Waals surface area (Å²) in [5.41, 5.74) is 0.566. The fraction of sp³-hybridized carbons (Fsp3) is 0.500. The van der Waals surface area contributed by atoms with Gasteiger partial charge in [-0.3, -0.25) is 4.79 Å². The highest BCUT2D eigenvalue weighted by Crippen LogP contribution is 2.31. The lowest BCUT2D eigenvalue weighted by atomic mass is 9.90. The average Bonchev–Trinajstić information content (AvgIpc) is 2.46. The number of Topliss-reactive ketones (excluding diaryl/α,β-unsaturated/α-hetero) is 1. The summed E-state index contributed by atoms with van der Waals surface area (Å²) in [7, 11) is 3.15. The van der Waals surface area contributed by atoms with Crippen LogP contribution in [0.5, 0.6) is 11.5 Å². The van der Waals surface area contributed by atoms with Crippen molar-refractivity contribution in [2.75, 3.05) is 27.3 Å². The maximum Gasteiger partial charge on any atom is 0.174 e. The number of rotatable bonds is 4. The largest absolute Gasteiger partial charge is 0.496 e. The maximum absolute atomic E-state index is 12.6. The van der Waals surface area contributed by atoms with E-state index in [1.807, 2.05) is 6.07 Å². The summed E-state index contributed by atoms with van der Waals surface area (Å²) in [5, 5.41) is 3.26. The van der Waals surface area contributed by atoms with Crippen LogP contribution in [0.2, 0.25) is 0 Å². The first-order valence-corrected chi connectivity index (χ1v) is 6.24. The van der Waals surface area contributed by atoms with E-state index >= 15 is 0 Å².